The van der Waals surface area contributed by atoms with Gasteiger partial charge in [0.1, 0.15) is 11.5 Å². The van der Waals surface area contributed by atoms with E-state index in [0.29, 0.717) is 21.5 Å². The second kappa shape index (κ2) is 5.61. The van der Waals surface area contributed by atoms with Crippen molar-refractivity contribution in [3.8, 4) is 11.5 Å². The lowest BCUT2D eigenvalue weighted by molar-refractivity contribution is 0.199. The predicted molar refractivity (Wildman–Crippen MR) is 73.6 cm³/mol. The summed E-state index contributed by atoms with van der Waals surface area (Å²) in [4.78, 5) is 0. The Balaban J connectivity index is 2.24. The van der Waals surface area contributed by atoms with Crippen LogP contribution in [0.2, 0.25) is 10.0 Å². The zero-order valence-electron chi connectivity index (χ0n) is 9.73. The van der Waals surface area contributed by atoms with Gasteiger partial charge < -0.3 is 9.84 Å². The molecule has 0 bridgehead atoms. The van der Waals surface area contributed by atoms with Gasteiger partial charge in [0.25, 0.3) is 0 Å². The maximum atomic E-state index is 9.45. The van der Waals surface area contributed by atoms with Gasteiger partial charge in [-0.15, -0.1) is 0 Å². The van der Waals surface area contributed by atoms with Crippen molar-refractivity contribution in [1.82, 2.24) is 0 Å². The van der Waals surface area contributed by atoms with E-state index in [1.165, 1.54) is 0 Å². The molecule has 0 saturated heterocycles. The Kier molecular flexibility index (Phi) is 4.12. The molecule has 2 nitrogen and oxygen atoms in total. The molecule has 0 radical (unpaired) electrons. The standard InChI is InChI=1S/C14H12Cl2O2/c1-9(17)10-5-6-14(13(16)7-10)18-12-4-2-3-11(15)8-12/h2-9,17H,1H3/t9-/m1/s1. The lowest BCUT2D eigenvalue weighted by atomic mass is 10.1. The normalized spacial score (nSPS) is 12.2. The van der Waals surface area contributed by atoms with E-state index >= 15 is 0 Å². The Labute approximate surface area is 116 Å². The largest absolute Gasteiger partial charge is 0.456 e. The summed E-state index contributed by atoms with van der Waals surface area (Å²) in [5.74, 6) is 1.15. The summed E-state index contributed by atoms with van der Waals surface area (Å²) < 4.78 is 5.63. The highest BCUT2D eigenvalue weighted by molar-refractivity contribution is 6.32. The third kappa shape index (κ3) is 3.16. The summed E-state index contributed by atoms with van der Waals surface area (Å²) in [6.07, 6.45) is -0.553. The highest BCUT2D eigenvalue weighted by Crippen LogP contribution is 2.32. The van der Waals surface area contributed by atoms with Crippen molar-refractivity contribution >= 4 is 23.2 Å². The van der Waals surface area contributed by atoms with Crippen LogP contribution in [0, 0.1) is 0 Å². The van der Waals surface area contributed by atoms with Crippen molar-refractivity contribution in [1.29, 1.82) is 0 Å². The van der Waals surface area contributed by atoms with Gasteiger partial charge in [-0.05, 0) is 42.8 Å². The number of benzene rings is 2. The molecule has 94 valence electrons. The minimum Gasteiger partial charge on any atom is -0.456 e. The van der Waals surface area contributed by atoms with Gasteiger partial charge in [0.05, 0.1) is 11.1 Å². The van der Waals surface area contributed by atoms with Crippen molar-refractivity contribution in [3.63, 3.8) is 0 Å². The molecule has 0 unspecified atom stereocenters. The summed E-state index contributed by atoms with van der Waals surface area (Å²) in [6.45, 7) is 1.68. The first-order valence-electron chi connectivity index (χ1n) is 5.47. The van der Waals surface area contributed by atoms with Crippen LogP contribution in [0.1, 0.15) is 18.6 Å². The van der Waals surface area contributed by atoms with E-state index in [2.05, 4.69) is 0 Å². The first-order chi connectivity index (χ1) is 8.56. The molecule has 2 aromatic rings. The molecule has 0 fully saturated rings. The monoisotopic (exact) mass is 282 g/mol. The minimum absolute atomic E-state index is 0.452. The number of hydrogen-bond acceptors (Lipinski definition) is 2. The summed E-state index contributed by atoms with van der Waals surface area (Å²) in [6, 6.07) is 12.3. The number of aliphatic hydroxyl groups excluding tert-OH is 1. The molecular weight excluding hydrogens is 271 g/mol. The zero-order valence-corrected chi connectivity index (χ0v) is 11.2. The van der Waals surface area contributed by atoms with Gasteiger partial charge in [-0.2, -0.15) is 0 Å². The average molecular weight is 283 g/mol. The molecule has 0 spiro atoms. The van der Waals surface area contributed by atoms with Crippen LogP contribution in [0.4, 0.5) is 0 Å². The topological polar surface area (TPSA) is 29.5 Å². The van der Waals surface area contributed by atoms with Gasteiger partial charge >= 0.3 is 0 Å². The van der Waals surface area contributed by atoms with E-state index in [4.69, 9.17) is 27.9 Å². The maximum absolute atomic E-state index is 9.45. The Morgan fingerprint density at radius 3 is 2.50 bits per heavy atom. The molecule has 0 aliphatic heterocycles. The molecule has 0 aromatic heterocycles. The van der Waals surface area contributed by atoms with E-state index in [0.717, 1.165) is 5.56 Å². The van der Waals surface area contributed by atoms with Crippen molar-refractivity contribution in [3.05, 3.63) is 58.1 Å². The number of ether oxygens (including phenoxy) is 1. The zero-order chi connectivity index (χ0) is 13.1. The molecule has 2 rings (SSSR count). The maximum Gasteiger partial charge on any atom is 0.146 e. The number of rotatable bonds is 3. The van der Waals surface area contributed by atoms with Crippen molar-refractivity contribution < 1.29 is 9.84 Å². The van der Waals surface area contributed by atoms with Gasteiger partial charge in [-0.3, -0.25) is 0 Å². The van der Waals surface area contributed by atoms with Gasteiger partial charge in [0, 0.05) is 5.02 Å². The predicted octanol–water partition coefficient (Wildman–Crippen LogP) is 4.84. The van der Waals surface area contributed by atoms with E-state index in [1.54, 1.807) is 49.4 Å². The van der Waals surface area contributed by atoms with E-state index in [9.17, 15) is 5.11 Å². The lowest BCUT2D eigenvalue weighted by Crippen LogP contribution is -1.92. The van der Waals surface area contributed by atoms with Gasteiger partial charge in [0.2, 0.25) is 0 Å². The highest BCUT2D eigenvalue weighted by atomic mass is 35.5. The van der Waals surface area contributed by atoms with Crippen LogP contribution in [0.5, 0.6) is 11.5 Å². The molecule has 2 aromatic carbocycles. The first kappa shape index (κ1) is 13.2. The summed E-state index contributed by atoms with van der Waals surface area (Å²) in [7, 11) is 0. The Morgan fingerprint density at radius 1 is 1.11 bits per heavy atom. The Morgan fingerprint density at radius 2 is 1.89 bits per heavy atom. The number of aliphatic hydroxyl groups is 1. The van der Waals surface area contributed by atoms with Crippen molar-refractivity contribution in [2.75, 3.05) is 0 Å². The Bertz CT molecular complexity index is 553. The molecule has 4 heteroatoms. The van der Waals surface area contributed by atoms with Crippen LogP contribution in [0.25, 0.3) is 0 Å². The summed E-state index contributed by atoms with van der Waals surface area (Å²) in [5, 5.41) is 10.5. The van der Waals surface area contributed by atoms with Crippen molar-refractivity contribution in [2.45, 2.75) is 13.0 Å². The fourth-order valence-corrected chi connectivity index (χ4v) is 1.93. The Hall–Kier alpha value is -1.22. The quantitative estimate of drug-likeness (QED) is 0.873. The second-order valence-electron chi connectivity index (χ2n) is 3.93. The molecule has 0 amide bonds. The summed E-state index contributed by atoms with van der Waals surface area (Å²) in [5.41, 5.74) is 0.749. The van der Waals surface area contributed by atoms with E-state index in [-0.39, 0.29) is 0 Å². The molecule has 0 aliphatic carbocycles. The smallest absolute Gasteiger partial charge is 0.146 e. The van der Waals surface area contributed by atoms with Crippen LogP contribution >= 0.6 is 23.2 Å². The van der Waals surface area contributed by atoms with Gasteiger partial charge in [-0.1, -0.05) is 35.3 Å². The van der Waals surface area contributed by atoms with E-state index in [1.807, 2.05) is 0 Å². The molecule has 1 N–H and O–H groups in total. The van der Waals surface area contributed by atoms with Gasteiger partial charge in [0.15, 0.2) is 0 Å². The van der Waals surface area contributed by atoms with Crippen LogP contribution in [-0.4, -0.2) is 5.11 Å². The average Bonchev–Trinajstić information content (AvgIpc) is 2.31. The van der Waals surface area contributed by atoms with E-state index < -0.39 is 6.10 Å². The minimum atomic E-state index is -0.553. The molecule has 0 saturated carbocycles. The van der Waals surface area contributed by atoms with Gasteiger partial charge in [-0.25, -0.2) is 0 Å². The molecule has 18 heavy (non-hydrogen) atoms. The molecule has 0 heterocycles. The molecule has 0 aliphatic rings. The third-order valence-electron chi connectivity index (χ3n) is 2.46. The number of hydrogen-bond donors (Lipinski definition) is 1. The fourth-order valence-electron chi connectivity index (χ4n) is 1.52. The van der Waals surface area contributed by atoms with Crippen LogP contribution < -0.4 is 4.74 Å². The third-order valence-corrected chi connectivity index (χ3v) is 2.99. The lowest BCUT2D eigenvalue weighted by Gasteiger charge is -2.10. The first-order valence-corrected chi connectivity index (χ1v) is 6.23. The van der Waals surface area contributed by atoms with Crippen LogP contribution in [-0.2, 0) is 0 Å². The fraction of sp³-hybridized carbons (Fsp3) is 0.143. The highest BCUT2D eigenvalue weighted by Gasteiger charge is 2.07. The second-order valence-corrected chi connectivity index (χ2v) is 4.77. The van der Waals surface area contributed by atoms with Crippen molar-refractivity contribution in [2.24, 2.45) is 0 Å². The number of halogens is 2. The van der Waals surface area contributed by atoms with Crippen LogP contribution in [0.15, 0.2) is 42.5 Å². The SMILES string of the molecule is C[C@@H](O)c1ccc(Oc2cccc(Cl)c2)c(Cl)c1. The van der Waals surface area contributed by atoms with Crippen LogP contribution in [0.3, 0.4) is 0 Å². The molecule has 1 atom stereocenters. The summed E-state index contributed by atoms with van der Waals surface area (Å²) >= 11 is 12.0. The molecular formula is C14H12Cl2O2.